The van der Waals surface area contributed by atoms with Crippen molar-refractivity contribution in [2.75, 3.05) is 6.61 Å². The van der Waals surface area contributed by atoms with E-state index >= 15 is 0 Å². The van der Waals surface area contributed by atoms with E-state index in [0.29, 0.717) is 12.4 Å². The van der Waals surface area contributed by atoms with Crippen LogP contribution in [-0.2, 0) is 6.54 Å². The van der Waals surface area contributed by atoms with Crippen molar-refractivity contribution in [1.82, 2.24) is 4.57 Å². The van der Waals surface area contributed by atoms with Crippen LogP contribution in [-0.4, -0.2) is 17.0 Å². The molecule has 1 aliphatic carbocycles. The van der Waals surface area contributed by atoms with E-state index < -0.39 is 0 Å². The zero-order chi connectivity index (χ0) is 17.4. The molecule has 0 bridgehead atoms. The van der Waals surface area contributed by atoms with Crippen molar-refractivity contribution in [3.05, 3.63) is 65.4 Å². The van der Waals surface area contributed by atoms with Gasteiger partial charge in [-0.05, 0) is 49.9 Å². The van der Waals surface area contributed by atoms with Crippen molar-refractivity contribution in [3.63, 3.8) is 0 Å². The highest BCUT2D eigenvalue weighted by Crippen LogP contribution is 2.35. The predicted octanol–water partition coefficient (Wildman–Crippen LogP) is 4.93. The number of ether oxygens (including phenoxy) is 1. The molecule has 25 heavy (non-hydrogen) atoms. The minimum atomic E-state index is 0.241. The standard InChI is InChI=1S/C22H23NO2/c1-15-7-8-16(2)21(13-15)25-12-11-23-14-19(22(24)17-9-10-17)18-5-3-4-6-20(18)23/h3-8,13-14,17H,9-12H2,1-2H3. The van der Waals surface area contributed by atoms with E-state index in [0.717, 1.165) is 47.2 Å². The average Bonchev–Trinajstić information content (AvgIpc) is 3.40. The molecule has 1 fully saturated rings. The molecule has 0 aliphatic heterocycles. The van der Waals surface area contributed by atoms with Gasteiger partial charge in [0.2, 0.25) is 0 Å². The van der Waals surface area contributed by atoms with Gasteiger partial charge >= 0.3 is 0 Å². The summed E-state index contributed by atoms with van der Waals surface area (Å²) in [5.74, 6) is 1.47. The Labute approximate surface area is 148 Å². The molecule has 0 radical (unpaired) electrons. The largest absolute Gasteiger partial charge is 0.491 e. The van der Waals surface area contributed by atoms with Crippen molar-refractivity contribution < 1.29 is 9.53 Å². The highest BCUT2D eigenvalue weighted by Gasteiger charge is 2.32. The molecule has 0 amide bonds. The summed E-state index contributed by atoms with van der Waals surface area (Å²) in [6.45, 7) is 5.44. The van der Waals surface area contributed by atoms with Crippen LogP contribution in [0.4, 0.5) is 0 Å². The molecule has 4 rings (SSSR count). The number of ketones is 1. The van der Waals surface area contributed by atoms with Crippen molar-refractivity contribution in [2.24, 2.45) is 5.92 Å². The quantitative estimate of drug-likeness (QED) is 0.599. The Morgan fingerprint density at radius 3 is 2.76 bits per heavy atom. The van der Waals surface area contributed by atoms with Crippen LogP contribution in [0.2, 0.25) is 0 Å². The fourth-order valence-corrected chi connectivity index (χ4v) is 3.31. The van der Waals surface area contributed by atoms with E-state index in [4.69, 9.17) is 4.74 Å². The molecule has 0 N–H and O–H groups in total. The SMILES string of the molecule is Cc1ccc(C)c(OCCn2cc(C(=O)C3CC3)c3ccccc32)c1. The van der Waals surface area contributed by atoms with E-state index in [2.05, 4.69) is 42.7 Å². The predicted molar refractivity (Wildman–Crippen MR) is 100 cm³/mol. The molecule has 0 atom stereocenters. The number of aromatic nitrogens is 1. The minimum Gasteiger partial charge on any atom is -0.491 e. The van der Waals surface area contributed by atoms with Crippen molar-refractivity contribution in [3.8, 4) is 5.75 Å². The molecule has 2 aromatic carbocycles. The fraction of sp³-hybridized carbons (Fsp3) is 0.318. The highest BCUT2D eigenvalue weighted by atomic mass is 16.5. The normalized spacial score (nSPS) is 14.0. The second-order valence-corrected chi connectivity index (χ2v) is 7.01. The summed E-state index contributed by atoms with van der Waals surface area (Å²) >= 11 is 0. The number of aryl methyl sites for hydroxylation is 2. The molecule has 1 aromatic heterocycles. The first-order valence-corrected chi connectivity index (χ1v) is 8.95. The van der Waals surface area contributed by atoms with Crippen LogP contribution < -0.4 is 4.74 Å². The van der Waals surface area contributed by atoms with Gasteiger partial charge in [0.25, 0.3) is 0 Å². The van der Waals surface area contributed by atoms with E-state index in [1.807, 2.05) is 24.4 Å². The molecule has 0 saturated heterocycles. The van der Waals surface area contributed by atoms with Crippen LogP contribution >= 0.6 is 0 Å². The van der Waals surface area contributed by atoms with Crippen LogP contribution in [0, 0.1) is 19.8 Å². The molecule has 3 heteroatoms. The maximum atomic E-state index is 12.6. The molecule has 0 unspecified atom stereocenters. The summed E-state index contributed by atoms with van der Waals surface area (Å²) in [7, 11) is 0. The van der Waals surface area contributed by atoms with Gasteiger partial charge in [0.15, 0.2) is 5.78 Å². The Balaban J connectivity index is 1.55. The topological polar surface area (TPSA) is 31.2 Å². The third kappa shape index (κ3) is 3.19. The van der Waals surface area contributed by atoms with Crippen molar-refractivity contribution in [2.45, 2.75) is 33.2 Å². The fourth-order valence-electron chi connectivity index (χ4n) is 3.31. The van der Waals surface area contributed by atoms with E-state index in [1.54, 1.807) is 0 Å². The maximum Gasteiger partial charge on any atom is 0.168 e. The minimum absolute atomic E-state index is 0.241. The molecular weight excluding hydrogens is 310 g/mol. The maximum absolute atomic E-state index is 12.6. The molecule has 3 nitrogen and oxygen atoms in total. The van der Waals surface area contributed by atoms with Gasteiger partial charge in [-0.2, -0.15) is 0 Å². The summed E-state index contributed by atoms with van der Waals surface area (Å²) in [6, 6.07) is 14.4. The van der Waals surface area contributed by atoms with Crippen LogP contribution in [0.3, 0.4) is 0 Å². The number of rotatable bonds is 6. The molecule has 128 valence electrons. The zero-order valence-electron chi connectivity index (χ0n) is 14.8. The van der Waals surface area contributed by atoms with Gasteiger partial charge in [0.1, 0.15) is 12.4 Å². The summed E-state index contributed by atoms with van der Waals surface area (Å²) in [4.78, 5) is 12.6. The number of nitrogens with zero attached hydrogens (tertiary/aromatic N) is 1. The Bertz CT molecular complexity index is 934. The first-order chi connectivity index (χ1) is 12.1. The summed E-state index contributed by atoms with van der Waals surface area (Å²) < 4.78 is 8.14. The summed E-state index contributed by atoms with van der Waals surface area (Å²) in [6.07, 6.45) is 4.08. The van der Waals surface area contributed by atoms with Crippen LogP contribution in [0.5, 0.6) is 5.75 Å². The lowest BCUT2D eigenvalue weighted by atomic mass is 10.1. The van der Waals surface area contributed by atoms with Crippen LogP contribution in [0.25, 0.3) is 10.9 Å². The van der Waals surface area contributed by atoms with Gasteiger partial charge in [-0.25, -0.2) is 0 Å². The number of hydrogen-bond acceptors (Lipinski definition) is 2. The van der Waals surface area contributed by atoms with Crippen molar-refractivity contribution in [1.29, 1.82) is 0 Å². The summed E-state index contributed by atoms with van der Waals surface area (Å²) in [5.41, 5.74) is 4.32. The number of hydrogen-bond donors (Lipinski definition) is 0. The Hall–Kier alpha value is -2.55. The van der Waals surface area contributed by atoms with Gasteiger partial charge in [-0.15, -0.1) is 0 Å². The Morgan fingerprint density at radius 2 is 1.96 bits per heavy atom. The van der Waals surface area contributed by atoms with Crippen molar-refractivity contribution >= 4 is 16.7 Å². The lowest BCUT2D eigenvalue weighted by Crippen LogP contribution is -2.08. The number of carbonyl (C=O) groups excluding carboxylic acids is 1. The molecule has 1 aliphatic rings. The Morgan fingerprint density at radius 1 is 1.16 bits per heavy atom. The van der Waals surface area contributed by atoms with Crippen LogP contribution in [0.15, 0.2) is 48.7 Å². The highest BCUT2D eigenvalue weighted by molar-refractivity contribution is 6.09. The number of fused-ring (bicyclic) bond motifs is 1. The third-order valence-corrected chi connectivity index (χ3v) is 4.94. The first kappa shape index (κ1) is 15.9. The molecule has 0 spiro atoms. The molecular formula is C22H23NO2. The monoisotopic (exact) mass is 333 g/mol. The van der Waals surface area contributed by atoms with E-state index in [9.17, 15) is 4.79 Å². The van der Waals surface area contributed by atoms with Gasteiger partial charge in [0.05, 0.1) is 6.54 Å². The van der Waals surface area contributed by atoms with Gasteiger partial charge in [0, 0.05) is 28.6 Å². The van der Waals surface area contributed by atoms with E-state index in [1.165, 1.54) is 5.56 Å². The number of benzene rings is 2. The van der Waals surface area contributed by atoms with E-state index in [-0.39, 0.29) is 5.92 Å². The third-order valence-electron chi connectivity index (χ3n) is 4.94. The smallest absolute Gasteiger partial charge is 0.168 e. The lowest BCUT2D eigenvalue weighted by Gasteiger charge is -2.11. The van der Waals surface area contributed by atoms with Crippen LogP contribution in [0.1, 0.15) is 34.3 Å². The Kier molecular flexibility index (Phi) is 4.08. The first-order valence-electron chi connectivity index (χ1n) is 8.95. The second kappa shape index (κ2) is 6.40. The zero-order valence-corrected chi connectivity index (χ0v) is 14.8. The average molecular weight is 333 g/mol. The van der Waals surface area contributed by atoms with Gasteiger partial charge < -0.3 is 9.30 Å². The van der Waals surface area contributed by atoms with Gasteiger partial charge in [-0.1, -0.05) is 30.3 Å². The molecule has 1 saturated carbocycles. The molecule has 1 heterocycles. The van der Waals surface area contributed by atoms with Gasteiger partial charge in [-0.3, -0.25) is 4.79 Å². The number of para-hydroxylation sites is 1. The number of Topliss-reactive ketones (excluding diaryl/α,β-unsaturated/α-hetero) is 1. The summed E-state index contributed by atoms with van der Waals surface area (Å²) in [5, 5.41) is 1.06. The molecule has 3 aromatic rings. The second-order valence-electron chi connectivity index (χ2n) is 7.01. The number of carbonyl (C=O) groups is 1. The lowest BCUT2D eigenvalue weighted by molar-refractivity contribution is 0.0969.